The Hall–Kier alpha value is -1.48. The normalized spacial score (nSPS) is 10.4. The van der Waals surface area contributed by atoms with Crippen molar-refractivity contribution in [2.24, 2.45) is 5.73 Å². The summed E-state index contributed by atoms with van der Waals surface area (Å²) in [5, 5.41) is 0.545. The first-order valence-corrected chi connectivity index (χ1v) is 4.32. The number of halogens is 1. The van der Waals surface area contributed by atoms with Gasteiger partial charge in [0, 0.05) is 11.1 Å². The van der Waals surface area contributed by atoms with Gasteiger partial charge in [0.15, 0.2) is 0 Å². The predicted octanol–water partition coefficient (Wildman–Crippen LogP) is 1.85. The summed E-state index contributed by atoms with van der Waals surface area (Å²) in [6.45, 7) is 0. The second-order valence-electron chi connectivity index (χ2n) is 2.62. The molecule has 0 aromatic heterocycles. The van der Waals surface area contributed by atoms with Crippen LogP contribution in [0.2, 0.25) is 5.02 Å². The number of amides is 1. The second-order valence-corrected chi connectivity index (χ2v) is 3.03. The second kappa shape index (κ2) is 4.67. The molecule has 0 fully saturated rings. The predicted molar refractivity (Wildman–Crippen MR) is 56.2 cm³/mol. The van der Waals surface area contributed by atoms with Gasteiger partial charge < -0.3 is 10.5 Å². The zero-order chi connectivity index (χ0) is 10.6. The van der Waals surface area contributed by atoms with Crippen LogP contribution >= 0.6 is 11.6 Å². The molecule has 1 rings (SSSR count). The van der Waals surface area contributed by atoms with E-state index in [0.717, 1.165) is 0 Å². The van der Waals surface area contributed by atoms with Crippen molar-refractivity contribution in [2.45, 2.75) is 0 Å². The van der Waals surface area contributed by atoms with Crippen LogP contribution < -0.4 is 10.5 Å². The molecular weight excluding hydrogens is 202 g/mol. The number of nitrogens with two attached hydrogens (primary N) is 1. The number of ether oxygens (including phenoxy) is 1. The molecule has 2 N–H and O–H groups in total. The van der Waals surface area contributed by atoms with Crippen LogP contribution in [0.4, 0.5) is 0 Å². The number of rotatable bonds is 3. The molecule has 1 aromatic rings. The minimum absolute atomic E-state index is 0.510. The first-order chi connectivity index (χ1) is 6.63. The van der Waals surface area contributed by atoms with Gasteiger partial charge in [-0.1, -0.05) is 11.6 Å². The SMILES string of the molecule is COc1ccc(Cl)c(C=CC(N)=O)c1. The maximum Gasteiger partial charge on any atom is 0.241 e. The third-order valence-corrected chi connectivity index (χ3v) is 1.97. The highest BCUT2D eigenvalue weighted by molar-refractivity contribution is 6.32. The number of methoxy groups -OCH3 is 1. The average Bonchev–Trinajstić information content (AvgIpc) is 2.16. The molecule has 3 nitrogen and oxygen atoms in total. The van der Waals surface area contributed by atoms with E-state index in [-0.39, 0.29) is 0 Å². The number of benzene rings is 1. The van der Waals surface area contributed by atoms with E-state index < -0.39 is 5.91 Å². The zero-order valence-electron chi connectivity index (χ0n) is 7.66. The highest BCUT2D eigenvalue weighted by atomic mass is 35.5. The third-order valence-electron chi connectivity index (χ3n) is 1.63. The van der Waals surface area contributed by atoms with E-state index in [9.17, 15) is 4.79 Å². The van der Waals surface area contributed by atoms with Gasteiger partial charge in [-0.2, -0.15) is 0 Å². The van der Waals surface area contributed by atoms with Crippen LogP contribution in [-0.4, -0.2) is 13.0 Å². The zero-order valence-corrected chi connectivity index (χ0v) is 8.41. The van der Waals surface area contributed by atoms with Gasteiger partial charge in [-0.3, -0.25) is 4.79 Å². The van der Waals surface area contributed by atoms with Crippen LogP contribution in [-0.2, 0) is 4.79 Å². The van der Waals surface area contributed by atoms with E-state index in [1.807, 2.05) is 0 Å². The molecule has 1 amide bonds. The lowest BCUT2D eigenvalue weighted by Gasteiger charge is -2.02. The standard InChI is InChI=1S/C10H10ClNO2/c1-14-8-3-4-9(11)7(6-8)2-5-10(12)13/h2-6H,1H3,(H2,12,13). The Kier molecular flexibility index (Phi) is 3.54. The van der Waals surface area contributed by atoms with Crippen LogP contribution in [0.3, 0.4) is 0 Å². The first-order valence-electron chi connectivity index (χ1n) is 3.94. The van der Waals surface area contributed by atoms with Gasteiger partial charge in [0.05, 0.1) is 7.11 Å². The molecule has 14 heavy (non-hydrogen) atoms. The quantitative estimate of drug-likeness (QED) is 0.776. The van der Waals surface area contributed by atoms with Crippen LogP contribution in [0.1, 0.15) is 5.56 Å². The van der Waals surface area contributed by atoms with Crippen molar-refractivity contribution in [3.8, 4) is 5.75 Å². The Labute approximate surface area is 87.1 Å². The summed E-state index contributed by atoms with van der Waals surface area (Å²) in [6, 6.07) is 5.16. The Morgan fingerprint density at radius 3 is 2.86 bits per heavy atom. The lowest BCUT2D eigenvalue weighted by molar-refractivity contribution is -0.113. The molecule has 0 aliphatic heterocycles. The molecule has 0 saturated heterocycles. The van der Waals surface area contributed by atoms with E-state index in [1.165, 1.54) is 6.08 Å². The summed E-state index contributed by atoms with van der Waals surface area (Å²) in [4.78, 5) is 10.5. The molecule has 0 aliphatic carbocycles. The van der Waals surface area contributed by atoms with E-state index in [0.29, 0.717) is 16.3 Å². The summed E-state index contributed by atoms with van der Waals surface area (Å²) < 4.78 is 5.01. The number of carbonyl (C=O) groups is 1. The van der Waals surface area contributed by atoms with Gasteiger partial charge in [0.1, 0.15) is 5.75 Å². The van der Waals surface area contributed by atoms with Gasteiger partial charge in [-0.15, -0.1) is 0 Å². The number of hydrogen-bond acceptors (Lipinski definition) is 2. The molecule has 0 bridgehead atoms. The number of carbonyl (C=O) groups excluding carboxylic acids is 1. The Bertz CT molecular complexity index is 374. The molecule has 0 aliphatic rings. The monoisotopic (exact) mass is 211 g/mol. The summed E-state index contributed by atoms with van der Waals surface area (Å²) in [6.07, 6.45) is 2.80. The third kappa shape index (κ3) is 2.78. The fraction of sp³-hybridized carbons (Fsp3) is 0.100. The molecular formula is C10H10ClNO2. The van der Waals surface area contributed by atoms with Gasteiger partial charge in [0.25, 0.3) is 0 Å². The van der Waals surface area contributed by atoms with Crippen molar-refractivity contribution >= 4 is 23.6 Å². The number of hydrogen-bond donors (Lipinski definition) is 1. The van der Waals surface area contributed by atoms with E-state index in [4.69, 9.17) is 22.1 Å². The van der Waals surface area contributed by atoms with Crippen LogP contribution in [0.15, 0.2) is 24.3 Å². The highest BCUT2D eigenvalue weighted by Gasteiger charge is 1.99. The van der Waals surface area contributed by atoms with Gasteiger partial charge in [-0.25, -0.2) is 0 Å². The van der Waals surface area contributed by atoms with E-state index >= 15 is 0 Å². The Morgan fingerprint density at radius 2 is 2.29 bits per heavy atom. The Morgan fingerprint density at radius 1 is 1.57 bits per heavy atom. The topological polar surface area (TPSA) is 52.3 Å². The Balaban J connectivity index is 3.00. The van der Waals surface area contributed by atoms with Crippen molar-refractivity contribution in [2.75, 3.05) is 7.11 Å². The lowest BCUT2D eigenvalue weighted by Crippen LogP contribution is -2.05. The van der Waals surface area contributed by atoms with Crippen molar-refractivity contribution in [1.29, 1.82) is 0 Å². The summed E-state index contributed by atoms with van der Waals surface area (Å²) in [5.74, 6) is 0.169. The van der Waals surface area contributed by atoms with Crippen molar-refractivity contribution in [3.05, 3.63) is 34.9 Å². The maximum absolute atomic E-state index is 10.5. The fourth-order valence-corrected chi connectivity index (χ4v) is 1.13. The van der Waals surface area contributed by atoms with Crippen LogP contribution in [0.5, 0.6) is 5.75 Å². The largest absolute Gasteiger partial charge is 0.497 e. The maximum atomic E-state index is 10.5. The molecule has 0 heterocycles. The van der Waals surface area contributed by atoms with Gasteiger partial charge >= 0.3 is 0 Å². The van der Waals surface area contributed by atoms with E-state index in [2.05, 4.69) is 0 Å². The minimum Gasteiger partial charge on any atom is -0.497 e. The highest BCUT2D eigenvalue weighted by Crippen LogP contribution is 2.22. The number of primary amides is 1. The molecule has 0 saturated carbocycles. The molecule has 1 aromatic carbocycles. The smallest absolute Gasteiger partial charge is 0.241 e. The molecule has 4 heteroatoms. The van der Waals surface area contributed by atoms with Gasteiger partial charge in [0.2, 0.25) is 5.91 Å². The fourth-order valence-electron chi connectivity index (χ4n) is 0.948. The average molecular weight is 212 g/mol. The van der Waals surface area contributed by atoms with Crippen molar-refractivity contribution in [1.82, 2.24) is 0 Å². The lowest BCUT2D eigenvalue weighted by atomic mass is 10.2. The summed E-state index contributed by atoms with van der Waals surface area (Å²) in [7, 11) is 1.56. The summed E-state index contributed by atoms with van der Waals surface area (Å²) in [5.41, 5.74) is 5.66. The van der Waals surface area contributed by atoms with Gasteiger partial charge in [-0.05, 0) is 29.8 Å². The van der Waals surface area contributed by atoms with Crippen molar-refractivity contribution < 1.29 is 9.53 Å². The molecule has 0 spiro atoms. The molecule has 0 atom stereocenters. The van der Waals surface area contributed by atoms with Crippen molar-refractivity contribution in [3.63, 3.8) is 0 Å². The van der Waals surface area contributed by atoms with Crippen LogP contribution in [0.25, 0.3) is 6.08 Å². The minimum atomic E-state index is -0.510. The van der Waals surface area contributed by atoms with E-state index in [1.54, 1.807) is 31.4 Å². The summed E-state index contributed by atoms with van der Waals surface area (Å²) >= 11 is 5.88. The van der Waals surface area contributed by atoms with Crippen LogP contribution in [0, 0.1) is 0 Å². The first kappa shape index (κ1) is 10.6. The molecule has 0 radical (unpaired) electrons. The molecule has 74 valence electrons. The molecule has 0 unspecified atom stereocenters.